The van der Waals surface area contributed by atoms with Crippen molar-refractivity contribution in [2.45, 2.75) is 18.6 Å². The van der Waals surface area contributed by atoms with Crippen LogP contribution in [0.15, 0.2) is 78.9 Å². The van der Waals surface area contributed by atoms with E-state index in [0.717, 1.165) is 5.56 Å². The molecule has 3 aromatic carbocycles. The molecule has 0 spiro atoms. The van der Waals surface area contributed by atoms with E-state index in [0.29, 0.717) is 29.2 Å². The molecule has 4 rings (SSSR count). The van der Waals surface area contributed by atoms with Gasteiger partial charge in [-0.05, 0) is 41.0 Å². The molecule has 0 amide bonds. The van der Waals surface area contributed by atoms with Crippen molar-refractivity contribution in [3.63, 3.8) is 0 Å². The van der Waals surface area contributed by atoms with Crippen LogP contribution in [0.25, 0.3) is 0 Å². The first-order valence-corrected chi connectivity index (χ1v) is 12.2. The number of likely N-dealkylation sites (tertiary alicyclic amines) is 1. The molecule has 198 valence electrons. The highest BCUT2D eigenvalue weighted by atomic mass is 16.5. The molecule has 0 aliphatic carbocycles. The molecule has 8 heteroatoms. The molecule has 1 aliphatic rings. The van der Waals surface area contributed by atoms with Crippen LogP contribution in [0.2, 0.25) is 0 Å². The standard InChI is InChI=1S/C30H31NO7/c1-35-22-14-10-20(11-15-22)26-24(29(33)37-3)28(32)25(30(34)38-4)27(21-12-16-23(36-2)17-13-21)31(26)18-19-8-6-5-7-9-19/h5-17,24-27H,18H2,1-4H3/t24-,25+,26-,27-/m1/s1. The van der Waals surface area contributed by atoms with E-state index in [9.17, 15) is 14.4 Å². The number of methoxy groups -OCH3 is 4. The van der Waals surface area contributed by atoms with Crippen LogP contribution in [0.3, 0.4) is 0 Å². The SMILES string of the molecule is COC(=O)[C@@H]1C(=O)[C@H](C(=O)OC)[C@@H](c2ccc(OC)cc2)N(Cc2ccccc2)[C@@H]1c1ccc(OC)cc1. The third-order valence-electron chi connectivity index (χ3n) is 6.99. The summed E-state index contributed by atoms with van der Waals surface area (Å²) in [5, 5.41) is 0. The monoisotopic (exact) mass is 517 g/mol. The summed E-state index contributed by atoms with van der Waals surface area (Å²) in [5.74, 6) is -3.20. The maximum absolute atomic E-state index is 14.1. The van der Waals surface area contributed by atoms with E-state index < -0.39 is 41.6 Å². The Bertz CT molecular complexity index is 1180. The van der Waals surface area contributed by atoms with Gasteiger partial charge in [-0.2, -0.15) is 0 Å². The highest BCUT2D eigenvalue weighted by molar-refractivity contribution is 6.10. The number of nitrogens with zero attached hydrogens (tertiary/aromatic N) is 1. The van der Waals surface area contributed by atoms with Gasteiger partial charge in [0.1, 0.15) is 23.3 Å². The first-order chi connectivity index (χ1) is 18.4. The number of Topliss-reactive ketones (excluding diaryl/α,β-unsaturated/α-hetero) is 1. The largest absolute Gasteiger partial charge is 0.497 e. The number of esters is 2. The van der Waals surface area contributed by atoms with Crippen molar-refractivity contribution in [1.29, 1.82) is 0 Å². The van der Waals surface area contributed by atoms with Crippen LogP contribution in [-0.2, 0) is 30.4 Å². The fourth-order valence-corrected chi connectivity index (χ4v) is 5.17. The number of hydrogen-bond donors (Lipinski definition) is 0. The van der Waals surface area contributed by atoms with Crippen molar-refractivity contribution < 1.29 is 33.3 Å². The Morgan fingerprint density at radius 2 is 1.08 bits per heavy atom. The highest BCUT2D eigenvalue weighted by Crippen LogP contribution is 2.48. The molecule has 3 aromatic rings. The molecule has 0 saturated carbocycles. The quantitative estimate of drug-likeness (QED) is 0.325. The summed E-state index contributed by atoms with van der Waals surface area (Å²) in [6, 6.07) is 22.7. The summed E-state index contributed by atoms with van der Waals surface area (Å²) in [6.07, 6.45) is 0. The fraction of sp³-hybridized carbons (Fsp3) is 0.300. The van der Waals surface area contributed by atoms with Crippen LogP contribution >= 0.6 is 0 Å². The molecule has 0 N–H and O–H groups in total. The van der Waals surface area contributed by atoms with Gasteiger partial charge in [-0.25, -0.2) is 0 Å². The molecule has 1 saturated heterocycles. The second-order valence-electron chi connectivity index (χ2n) is 9.00. The first-order valence-electron chi connectivity index (χ1n) is 12.2. The lowest BCUT2D eigenvalue weighted by Gasteiger charge is -2.48. The van der Waals surface area contributed by atoms with Crippen LogP contribution in [0.1, 0.15) is 28.8 Å². The summed E-state index contributed by atoms with van der Waals surface area (Å²) in [7, 11) is 5.62. The normalized spacial score (nSPS) is 21.4. The number of carbonyl (C=O) groups excluding carboxylic acids is 3. The van der Waals surface area contributed by atoms with E-state index in [2.05, 4.69) is 0 Å². The van der Waals surface area contributed by atoms with E-state index in [4.69, 9.17) is 18.9 Å². The lowest BCUT2D eigenvalue weighted by atomic mass is 9.72. The van der Waals surface area contributed by atoms with Gasteiger partial charge in [0.2, 0.25) is 0 Å². The van der Waals surface area contributed by atoms with Crippen LogP contribution in [0.4, 0.5) is 0 Å². The zero-order valence-corrected chi connectivity index (χ0v) is 21.8. The average Bonchev–Trinajstić information content (AvgIpc) is 2.97. The smallest absolute Gasteiger partial charge is 0.318 e. The second kappa shape index (κ2) is 11.9. The number of carbonyl (C=O) groups is 3. The molecule has 0 bridgehead atoms. The fourth-order valence-electron chi connectivity index (χ4n) is 5.17. The molecule has 1 fully saturated rings. The van der Waals surface area contributed by atoms with Crippen LogP contribution < -0.4 is 9.47 Å². The maximum Gasteiger partial charge on any atom is 0.318 e. The van der Waals surface area contributed by atoms with Crippen LogP contribution in [-0.4, -0.2) is 51.1 Å². The Morgan fingerprint density at radius 1 is 0.658 bits per heavy atom. The third kappa shape index (κ3) is 5.26. The van der Waals surface area contributed by atoms with Crippen molar-refractivity contribution in [1.82, 2.24) is 4.90 Å². The van der Waals surface area contributed by atoms with Gasteiger partial charge in [0.05, 0.1) is 40.5 Å². The van der Waals surface area contributed by atoms with E-state index in [-0.39, 0.29) is 0 Å². The molecular weight excluding hydrogens is 486 g/mol. The van der Waals surface area contributed by atoms with Crippen molar-refractivity contribution in [2.24, 2.45) is 11.8 Å². The van der Waals surface area contributed by atoms with Crippen molar-refractivity contribution in [2.75, 3.05) is 28.4 Å². The number of benzene rings is 3. The summed E-state index contributed by atoms with van der Waals surface area (Å²) >= 11 is 0. The molecule has 0 unspecified atom stereocenters. The molecule has 8 nitrogen and oxygen atoms in total. The zero-order chi connectivity index (χ0) is 27.2. The van der Waals surface area contributed by atoms with Gasteiger partial charge in [-0.3, -0.25) is 19.3 Å². The average molecular weight is 518 g/mol. The van der Waals surface area contributed by atoms with Crippen molar-refractivity contribution in [3.8, 4) is 11.5 Å². The summed E-state index contributed by atoms with van der Waals surface area (Å²) in [5.41, 5.74) is 2.38. The van der Waals surface area contributed by atoms with E-state index >= 15 is 0 Å². The van der Waals surface area contributed by atoms with Gasteiger partial charge < -0.3 is 18.9 Å². The summed E-state index contributed by atoms with van der Waals surface area (Å²) in [6.45, 7) is 0.350. The lowest BCUT2D eigenvalue weighted by Crippen LogP contribution is -2.55. The number of rotatable bonds is 8. The molecular formula is C30H31NO7. The maximum atomic E-state index is 14.1. The van der Waals surface area contributed by atoms with Gasteiger partial charge >= 0.3 is 11.9 Å². The van der Waals surface area contributed by atoms with Gasteiger partial charge in [-0.15, -0.1) is 0 Å². The Labute approximate surface area is 222 Å². The zero-order valence-electron chi connectivity index (χ0n) is 21.8. The lowest BCUT2D eigenvalue weighted by molar-refractivity contribution is -0.168. The number of ether oxygens (including phenoxy) is 4. The predicted molar refractivity (Wildman–Crippen MR) is 139 cm³/mol. The minimum atomic E-state index is -1.25. The Morgan fingerprint density at radius 3 is 1.45 bits per heavy atom. The number of piperidine rings is 1. The van der Waals surface area contributed by atoms with Gasteiger partial charge in [-0.1, -0.05) is 54.6 Å². The topological polar surface area (TPSA) is 91.4 Å². The second-order valence-corrected chi connectivity index (χ2v) is 9.00. The Kier molecular flexibility index (Phi) is 8.43. The number of hydrogen-bond acceptors (Lipinski definition) is 8. The minimum absolute atomic E-state index is 0.350. The van der Waals surface area contributed by atoms with Gasteiger partial charge in [0.15, 0.2) is 5.78 Å². The Balaban J connectivity index is 1.96. The molecule has 1 aliphatic heterocycles. The highest BCUT2D eigenvalue weighted by Gasteiger charge is 2.55. The van der Waals surface area contributed by atoms with E-state index in [1.807, 2.05) is 59.5 Å². The van der Waals surface area contributed by atoms with Gasteiger partial charge in [0.25, 0.3) is 0 Å². The summed E-state index contributed by atoms with van der Waals surface area (Å²) < 4.78 is 20.9. The molecule has 0 aromatic heterocycles. The third-order valence-corrected chi connectivity index (χ3v) is 6.99. The van der Waals surface area contributed by atoms with E-state index in [1.165, 1.54) is 14.2 Å². The molecule has 1 heterocycles. The van der Waals surface area contributed by atoms with Crippen LogP contribution in [0.5, 0.6) is 11.5 Å². The molecule has 38 heavy (non-hydrogen) atoms. The molecule has 0 radical (unpaired) electrons. The van der Waals surface area contributed by atoms with Crippen molar-refractivity contribution in [3.05, 3.63) is 95.6 Å². The summed E-state index contributed by atoms with van der Waals surface area (Å²) in [4.78, 5) is 42.5. The number of ketones is 1. The first kappa shape index (κ1) is 26.9. The van der Waals surface area contributed by atoms with E-state index in [1.54, 1.807) is 38.5 Å². The van der Waals surface area contributed by atoms with Crippen molar-refractivity contribution >= 4 is 17.7 Å². The molecule has 4 atom stereocenters. The minimum Gasteiger partial charge on any atom is -0.497 e. The Hall–Kier alpha value is -4.17. The van der Waals surface area contributed by atoms with Gasteiger partial charge in [0, 0.05) is 6.54 Å². The predicted octanol–water partition coefficient (Wildman–Crippen LogP) is 4.15. The van der Waals surface area contributed by atoms with Crippen LogP contribution in [0, 0.1) is 11.8 Å².